The molecule has 0 aliphatic rings. The fourth-order valence-corrected chi connectivity index (χ4v) is 2.90. The third-order valence-corrected chi connectivity index (χ3v) is 4.47. The maximum Gasteiger partial charge on any atom is 0.326 e. The molecule has 0 aromatic heterocycles. The second-order valence-corrected chi connectivity index (χ2v) is 7.17. The second kappa shape index (κ2) is 11.2. The van der Waals surface area contributed by atoms with E-state index < -0.39 is 29.8 Å². The van der Waals surface area contributed by atoms with Crippen molar-refractivity contribution >= 4 is 34.7 Å². The predicted octanol–water partition coefficient (Wildman–Crippen LogP) is 1.35. The summed E-state index contributed by atoms with van der Waals surface area (Å²) < 4.78 is 4.89. The molecule has 0 fully saturated rings. The molecule has 0 aliphatic heterocycles. The van der Waals surface area contributed by atoms with Crippen molar-refractivity contribution in [3.8, 4) is 5.75 Å². The van der Waals surface area contributed by atoms with Gasteiger partial charge in [-0.2, -0.15) is 0 Å². The highest BCUT2D eigenvalue weighted by Gasteiger charge is 2.26. The lowest BCUT2D eigenvalue weighted by Gasteiger charge is -2.20. The van der Waals surface area contributed by atoms with Crippen LogP contribution in [0.5, 0.6) is 5.75 Å². The lowest BCUT2D eigenvalue weighted by Crippen LogP contribution is -2.46. The largest absolute Gasteiger partial charge is 0.508 e. The topological polar surface area (TPSA) is 130 Å². The van der Waals surface area contributed by atoms with Gasteiger partial charge < -0.3 is 20.3 Å². The summed E-state index contributed by atoms with van der Waals surface area (Å²) in [5.41, 5.74) is 0.629. The summed E-state index contributed by atoms with van der Waals surface area (Å²) in [6.45, 7) is 2.43. The Hall–Kier alpha value is -2.55. The first-order valence-electron chi connectivity index (χ1n) is 8.26. The summed E-state index contributed by atoms with van der Waals surface area (Å²) in [6.07, 6.45) is 0.290. The molecule has 9 heteroatoms. The molecule has 1 aromatic carbocycles. The predicted molar refractivity (Wildman–Crippen MR) is 99.3 cm³/mol. The van der Waals surface area contributed by atoms with Gasteiger partial charge in [-0.3, -0.25) is 14.4 Å². The minimum atomic E-state index is -1.21. The molecule has 3 N–H and O–H groups in total. The molecule has 148 valence electrons. The number of carbonyl (C=O) groups excluding carboxylic acids is 3. The van der Waals surface area contributed by atoms with Crippen molar-refractivity contribution in [1.82, 2.24) is 5.32 Å². The number of aliphatic carboxylic acids is 1. The number of benzene rings is 1. The van der Waals surface area contributed by atoms with Crippen molar-refractivity contribution in [1.29, 1.82) is 0 Å². The number of ether oxygens (including phenoxy) is 1. The molecule has 0 heterocycles. The van der Waals surface area contributed by atoms with E-state index in [-0.39, 0.29) is 30.3 Å². The Labute approximate surface area is 161 Å². The van der Waals surface area contributed by atoms with Crippen molar-refractivity contribution in [2.75, 3.05) is 12.4 Å². The van der Waals surface area contributed by atoms with E-state index >= 15 is 0 Å². The fourth-order valence-electron chi connectivity index (χ4n) is 2.21. The lowest BCUT2D eigenvalue weighted by molar-refractivity contribution is -0.146. The smallest absolute Gasteiger partial charge is 0.326 e. The van der Waals surface area contributed by atoms with Crippen LogP contribution in [0.15, 0.2) is 24.3 Å². The molecule has 8 nitrogen and oxygen atoms in total. The van der Waals surface area contributed by atoms with Gasteiger partial charge in [0.2, 0.25) is 5.91 Å². The van der Waals surface area contributed by atoms with Gasteiger partial charge in [-0.1, -0.05) is 23.9 Å². The summed E-state index contributed by atoms with van der Waals surface area (Å²) >= 11 is 1.04. The van der Waals surface area contributed by atoms with Crippen LogP contribution in [-0.4, -0.2) is 51.6 Å². The molecule has 2 atom stereocenters. The summed E-state index contributed by atoms with van der Waals surface area (Å²) in [7, 11) is 0. The molecule has 0 bridgehead atoms. The third-order valence-electron chi connectivity index (χ3n) is 3.62. The number of nitrogens with one attached hydrogen (secondary N) is 1. The van der Waals surface area contributed by atoms with Crippen LogP contribution in [0.2, 0.25) is 0 Å². The van der Waals surface area contributed by atoms with E-state index in [2.05, 4.69) is 5.32 Å². The van der Waals surface area contributed by atoms with Gasteiger partial charge in [0.25, 0.3) is 0 Å². The molecule has 0 saturated heterocycles. The zero-order valence-corrected chi connectivity index (χ0v) is 16.0. The number of rotatable bonds is 10. The first-order chi connectivity index (χ1) is 12.7. The number of phenolic OH excluding ortho intramolecular Hbond substituents is 1. The molecule has 1 amide bonds. The summed E-state index contributed by atoms with van der Waals surface area (Å²) in [5.74, 6) is -2.68. The van der Waals surface area contributed by atoms with Gasteiger partial charge in [0, 0.05) is 26.0 Å². The van der Waals surface area contributed by atoms with Gasteiger partial charge in [-0.05, 0) is 24.1 Å². The van der Waals surface area contributed by atoms with Crippen LogP contribution in [-0.2, 0) is 30.3 Å². The van der Waals surface area contributed by atoms with E-state index in [1.807, 2.05) is 0 Å². The van der Waals surface area contributed by atoms with Crippen LogP contribution in [0.3, 0.4) is 0 Å². The average molecular weight is 397 g/mol. The van der Waals surface area contributed by atoms with Crippen molar-refractivity contribution in [2.45, 2.75) is 32.7 Å². The minimum Gasteiger partial charge on any atom is -0.508 e. The lowest BCUT2D eigenvalue weighted by atomic mass is 10.0. The van der Waals surface area contributed by atoms with E-state index in [1.165, 1.54) is 26.0 Å². The number of amides is 1. The van der Waals surface area contributed by atoms with Gasteiger partial charge in [0.1, 0.15) is 18.4 Å². The number of esters is 1. The molecular formula is C18H23NO7S. The van der Waals surface area contributed by atoms with Crippen molar-refractivity contribution < 1.29 is 34.1 Å². The fraction of sp³-hybridized carbons (Fsp3) is 0.444. The van der Waals surface area contributed by atoms with Crippen LogP contribution < -0.4 is 5.32 Å². The van der Waals surface area contributed by atoms with Crippen molar-refractivity contribution in [3.63, 3.8) is 0 Å². The number of thioether (sulfide) groups is 1. The standard InChI is InChI=1S/C18H23NO7S/c1-11(20)26-10-14(7-8-27-12(2)21)17(23)19-16(18(24)25)9-13-3-5-15(22)6-4-13/h3-6,14,16,22H,7-10H2,1-2H3,(H,19,23)(H,24,25)/t14?,16-/m0/s1. The van der Waals surface area contributed by atoms with Gasteiger partial charge in [0.05, 0.1) is 5.92 Å². The number of hydrogen-bond acceptors (Lipinski definition) is 7. The normalized spacial score (nSPS) is 12.7. The zero-order valence-electron chi connectivity index (χ0n) is 15.1. The molecule has 0 aliphatic carbocycles. The summed E-state index contributed by atoms with van der Waals surface area (Å²) in [4.78, 5) is 46.1. The maximum atomic E-state index is 12.5. The van der Waals surface area contributed by atoms with Gasteiger partial charge in [0.15, 0.2) is 5.12 Å². The summed E-state index contributed by atoms with van der Waals surface area (Å²) in [6, 6.07) is 4.81. The molecule has 27 heavy (non-hydrogen) atoms. The Bertz CT molecular complexity index is 675. The van der Waals surface area contributed by atoms with Crippen LogP contribution in [0, 0.1) is 5.92 Å². The monoisotopic (exact) mass is 397 g/mol. The van der Waals surface area contributed by atoms with Crippen molar-refractivity contribution in [3.05, 3.63) is 29.8 Å². The van der Waals surface area contributed by atoms with Gasteiger partial charge >= 0.3 is 11.9 Å². The Morgan fingerprint density at radius 2 is 1.78 bits per heavy atom. The average Bonchev–Trinajstić information content (AvgIpc) is 2.58. The Kier molecular flexibility index (Phi) is 9.35. The molecule has 1 unspecified atom stereocenters. The van der Waals surface area contributed by atoms with Gasteiger partial charge in [-0.25, -0.2) is 4.79 Å². The van der Waals surface area contributed by atoms with Crippen LogP contribution >= 0.6 is 11.8 Å². The molecule has 0 radical (unpaired) electrons. The highest BCUT2D eigenvalue weighted by atomic mass is 32.2. The summed E-state index contributed by atoms with van der Waals surface area (Å²) in [5, 5.41) is 21.0. The van der Waals surface area contributed by atoms with Crippen LogP contribution in [0.4, 0.5) is 0 Å². The molecule has 1 aromatic rings. The van der Waals surface area contributed by atoms with E-state index in [0.717, 1.165) is 11.8 Å². The number of hydrogen-bond donors (Lipinski definition) is 3. The number of carbonyl (C=O) groups is 4. The maximum absolute atomic E-state index is 12.5. The molecule has 1 rings (SSSR count). The number of carboxylic acids is 1. The Morgan fingerprint density at radius 3 is 2.30 bits per heavy atom. The molecular weight excluding hydrogens is 374 g/mol. The highest BCUT2D eigenvalue weighted by Crippen LogP contribution is 2.14. The van der Waals surface area contributed by atoms with Gasteiger partial charge in [-0.15, -0.1) is 0 Å². The quantitative estimate of drug-likeness (QED) is 0.505. The first kappa shape index (κ1) is 22.5. The van der Waals surface area contributed by atoms with E-state index in [1.54, 1.807) is 12.1 Å². The molecule has 0 saturated carbocycles. The van der Waals surface area contributed by atoms with Crippen LogP contribution in [0.25, 0.3) is 0 Å². The SMILES string of the molecule is CC(=O)OCC(CCSC(C)=O)C(=O)N[C@@H](Cc1ccc(O)cc1)C(=O)O. The highest BCUT2D eigenvalue weighted by molar-refractivity contribution is 8.13. The number of phenols is 1. The zero-order chi connectivity index (χ0) is 20.4. The Balaban J connectivity index is 2.76. The molecule has 0 spiro atoms. The van der Waals surface area contributed by atoms with E-state index in [9.17, 15) is 29.4 Å². The second-order valence-electron chi connectivity index (χ2n) is 5.90. The van der Waals surface area contributed by atoms with E-state index in [4.69, 9.17) is 4.74 Å². The van der Waals surface area contributed by atoms with Crippen LogP contribution in [0.1, 0.15) is 25.8 Å². The number of carboxylic acid groups (broad SMARTS) is 1. The van der Waals surface area contributed by atoms with E-state index in [0.29, 0.717) is 11.3 Å². The first-order valence-corrected chi connectivity index (χ1v) is 9.25. The number of aromatic hydroxyl groups is 1. The van der Waals surface area contributed by atoms with Crippen molar-refractivity contribution in [2.24, 2.45) is 5.92 Å². The minimum absolute atomic E-state index is 0.0316. The Morgan fingerprint density at radius 1 is 1.15 bits per heavy atom. The third kappa shape index (κ3) is 9.09.